The molecule has 0 saturated carbocycles. The molecule has 3 rings (SSSR count). The molecular formula is C19H24N2. The van der Waals surface area contributed by atoms with E-state index in [1.165, 1.54) is 16.3 Å². The SMILES string of the molecule is C=CCC[C@@H](c1ccc2ccccc2c1)N1CCNCC1. The molecule has 2 heteroatoms. The number of benzene rings is 2. The van der Waals surface area contributed by atoms with Crippen molar-refractivity contribution in [2.75, 3.05) is 26.2 Å². The van der Waals surface area contributed by atoms with Gasteiger partial charge in [-0.15, -0.1) is 6.58 Å². The van der Waals surface area contributed by atoms with Crippen molar-refractivity contribution in [1.29, 1.82) is 0 Å². The van der Waals surface area contributed by atoms with Gasteiger partial charge in [0, 0.05) is 32.2 Å². The Morgan fingerprint density at radius 2 is 1.86 bits per heavy atom. The second-order valence-corrected chi connectivity index (χ2v) is 5.77. The van der Waals surface area contributed by atoms with Crippen molar-refractivity contribution in [2.45, 2.75) is 18.9 Å². The van der Waals surface area contributed by atoms with E-state index in [1.807, 2.05) is 6.08 Å². The molecule has 0 amide bonds. The Labute approximate surface area is 127 Å². The van der Waals surface area contributed by atoms with Gasteiger partial charge in [-0.2, -0.15) is 0 Å². The first-order valence-corrected chi connectivity index (χ1v) is 7.93. The van der Waals surface area contributed by atoms with Crippen LogP contribution in [-0.2, 0) is 0 Å². The molecule has 21 heavy (non-hydrogen) atoms. The van der Waals surface area contributed by atoms with E-state index in [0.29, 0.717) is 6.04 Å². The number of hydrogen-bond acceptors (Lipinski definition) is 2. The molecule has 1 heterocycles. The molecule has 1 aliphatic rings. The molecule has 2 nitrogen and oxygen atoms in total. The molecule has 0 unspecified atom stereocenters. The minimum atomic E-state index is 0.509. The van der Waals surface area contributed by atoms with Gasteiger partial charge in [0.1, 0.15) is 0 Å². The largest absolute Gasteiger partial charge is 0.314 e. The third-order valence-corrected chi connectivity index (χ3v) is 4.39. The predicted octanol–water partition coefficient (Wildman–Crippen LogP) is 3.75. The highest BCUT2D eigenvalue weighted by Gasteiger charge is 2.21. The van der Waals surface area contributed by atoms with Crippen LogP contribution in [0.1, 0.15) is 24.4 Å². The van der Waals surface area contributed by atoms with Gasteiger partial charge in [0.25, 0.3) is 0 Å². The van der Waals surface area contributed by atoms with Gasteiger partial charge in [-0.3, -0.25) is 4.90 Å². The number of nitrogens with zero attached hydrogens (tertiary/aromatic N) is 1. The van der Waals surface area contributed by atoms with Gasteiger partial charge in [-0.1, -0.05) is 42.5 Å². The molecule has 0 radical (unpaired) electrons. The maximum Gasteiger partial charge on any atom is 0.0352 e. The highest BCUT2D eigenvalue weighted by molar-refractivity contribution is 5.83. The first-order valence-electron chi connectivity index (χ1n) is 7.93. The van der Waals surface area contributed by atoms with Crippen LogP contribution in [0.2, 0.25) is 0 Å². The van der Waals surface area contributed by atoms with Crippen LogP contribution in [0.5, 0.6) is 0 Å². The summed E-state index contributed by atoms with van der Waals surface area (Å²) in [6.45, 7) is 8.35. The van der Waals surface area contributed by atoms with Gasteiger partial charge in [-0.25, -0.2) is 0 Å². The molecule has 1 N–H and O–H groups in total. The molecule has 110 valence electrons. The molecule has 2 aromatic carbocycles. The van der Waals surface area contributed by atoms with Crippen LogP contribution in [0, 0.1) is 0 Å². The minimum absolute atomic E-state index is 0.509. The average molecular weight is 280 g/mol. The molecule has 1 aliphatic heterocycles. The minimum Gasteiger partial charge on any atom is -0.314 e. The molecule has 1 fully saturated rings. The van der Waals surface area contributed by atoms with Crippen LogP contribution in [0.4, 0.5) is 0 Å². The summed E-state index contributed by atoms with van der Waals surface area (Å²) in [7, 11) is 0. The van der Waals surface area contributed by atoms with E-state index in [-0.39, 0.29) is 0 Å². The maximum absolute atomic E-state index is 3.89. The Hall–Kier alpha value is -1.64. The van der Waals surface area contributed by atoms with Crippen molar-refractivity contribution >= 4 is 10.8 Å². The van der Waals surface area contributed by atoms with Crippen molar-refractivity contribution in [3.05, 3.63) is 60.7 Å². The summed E-state index contributed by atoms with van der Waals surface area (Å²) in [4.78, 5) is 2.62. The summed E-state index contributed by atoms with van der Waals surface area (Å²) in [5.41, 5.74) is 1.44. The zero-order chi connectivity index (χ0) is 14.5. The average Bonchev–Trinajstić information content (AvgIpc) is 2.56. The van der Waals surface area contributed by atoms with Gasteiger partial charge < -0.3 is 5.32 Å². The van der Waals surface area contributed by atoms with Gasteiger partial charge in [0.05, 0.1) is 0 Å². The number of fused-ring (bicyclic) bond motifs is 1. The van der Waals surface area contributed by atoms with Crippen molar-refractivity contribution < 1.29 is 0 Å². The number of nitrogens with one attached hydrogen (secondary N) is 1. The maximum atomic E-state index is 3.89. The summed E-state index contributed by atoms with van der Waals surface area (Å²) >= 11 is 0. The van der Waals surface area contributed by atoms with Crippen LogP contribution in [-0.4, -0.2) is 31.1 Å². The quantitative estimate of drug-likeness (QED) is 0.839. The summed E-state index contributed by atoms with van der Waals surface area (Å²) < 4.78 is 0. The van der Waals surface area contributed by atoms with Gasteiger partial charge in [0.2, 0.25) is 0 Å². The summed E-state index contributed by atoms with van der Waals surface area (Å²) in [5, 5.41) is 6.11. The van der Waals surface area contributed by atoms with E-state index in [0.717, 1.165) is 39.0 Å². The molecule has 0 bridgehead atoms. The summed E-state index contributed by atoms with van der Waals surface area (Å²) in [5.74, 6) is 0. The van der Waals surface area contributed by atoms with Gasteiger partial charge in [-0.05, 0) is 35.2 Å². The Kier molecular flexibility index (Phi) is 4.69. The first kappa shape index (κ1) is 14.3. The second kappa shape index (κ2) is 6.88. The lowest BCUT2D eigenvalue weighted by Gasteiger charge is -2.35. The fourth-order valence-corrected chi connectivity index (χ4v) is 3.24. The van der Waals surface area contributed by atoms with E-state index in [4.69, 9.17) is 0 Å². The van der Waals surface area contributed by atoms with Crippen molar-refractivity contribution in [3.8, 4) is 0 Å². The first-order chi connectivity index (χ1) is 10.4. The molecule has 0 aromatic heterocycles. The Morgan fingerprint density at radius 1 is 1.10 bits per heavy atom. The Balaban J connectivity index is 1.90. The molecule has 0 aliphatic carbocycles. The van der Waals surface area contributed by atoms with Crippen LogP contribution in [0.25, 0.3) is 10.8 Å². The lowest BCUT2D eigenvalue weighted by Crippen LogP contribution is -2.45. The van der Waals surface area contributed by atoms with E-state index in [2.05, 4.69) is 59.3 Å². The van der Waals surface area contributed by atoms with Gasteiger partial charge in [0.15, 0.2) is 0 Å². The third kappa shape index (κ3) is 3.34. The van der Waals surface area contributed by atoms with Crippen LogP contribution >= 0.6 is 0 Å². The Morgan fingerprint density at radius 3 is 2.62 bits per heavy atom. The fraction of sp³-hybridized carbons (Fsp3) is 0.368. The highest BCUT2D eigenvalue weighted by atomic mass is 15.2. The zero-order valence-electron chi connectivity index (χ0n) is 12.6. The predicted molar refractivity (Wildman–Crippen MR) is 90.6 cm³/mol. The number of allylic oxidation sites excluding steroid dienone is 1. The molecule has 1 atom stereocenters. The van der Waals surface area contributed by atoms with Crippen LogP contribution < -0.4 is 5.32 Å². The van der Waals surface area contributed by atoms with E-state index in [9.17, 15) is 0 Å². The summed E-state index contributed by atoms with van der Waals surface area (Å²) in [6.07, 6.45) is 4.26. The molecule has 2 aromatic rings. The van der Waals surface area contributed by atoms with E-state index in [1.54, 1.807) is 0 Å². The Bertz CT molecular complexity index is 599. The fourth-order valence-electron chi connectivity index (χ4n) is 3.24. The smallest absolute Gasteiger partial charge is 0.0352 e. The van der Waals surface area contributed by atoms with Crippen molar-refractivity contribution in [1.82, 2.24) is 10.2 Å². The second-order valence-electron chi connectivity index (χ2n) is 5.77. The molecule has 0 spiro atoms. The third-order valence-electron chi connectivity index (χ3n) is 4.39. The van der Waals surface area contributed by atoms with Crippen LogP contribution in [0.3, 0.4) is 0 Å². The van der Waals surface area contributed by atoms with E-state index >= 15 is 0 Å². The highest BCUT2D eigenvalue weighted by Crippen LogP contribution is 2.28. The number of hydrogen-bond donors (Lipinski definition) is 1. The summed E-state index contributed by atoms with van der Waals surface area (Å²) in [6, 6.07) is 16.1. The number of piperazine rings is 1. The lowest BCUT2D eigenvalue weighted by atomic mass is 9.96. The monoisotopic (exact) mass is 280 g/mol. The van der Waals surface area contributed by atoms with Crippen molar-refractivity contribution in [2.24, 2.45) is 0 Å². The van der Waals surface area contributed by atoms with Crippen molar-refractivity contribution in [3.63, 3.8) is 0 Å². The van der Waals surface area contributed by atoms with Gasteiger partial charge >= 0.3 is 0 Å². The number of rotatable bonds is 5. The molecular weight excluding hydrogens is 256 g/mol. The molecule has 1 saturated heterocycles. The van der Waals surface area contributed by atoms with E-state index < -0.39 is 0 Å². The normalized spacial score (nSPS) is 17.7. The lowest BCUT2D eigenvalue weighted by molar-refractivity contribution is 0.166. The van der Waals surface area contributed by atoms with Crippen LogP contribution in [0.15, 0.2) is 55.1 Å². The zero-order valence-corrected chi connectivity index (χ0v) is 12.6. The topological polar surface area (TPSA) is 15.3 Å². The standard InChI is InChI=1S/C19H24N2/c1-2-3-8-19(21-13-11-20-12-14-21)18-10-9-16-6-4-5-7-17(16)15-18/h2,4-7,9-10,15,19-20H,1,3,8,11-14H2/t19-/m0/s1.